The SMILES string of the molecule is CC(C)(CNC(=O)C1CC(=O)N(C2CC2)C1)c1ccccc1. The van der Waals surface area contributed by atoms with Crippen LogP contribution in [0, 0.1) is 5.92 Å². The van der Waals surface area contributed by atoms with E-state index in [2.05, 4.69) is 31.3 Å². The summed E-state index contributed by atoms with van der Waals surface area (Å²) in [5, 5.41) is 3.05. The highest BCUT2D eigenvalue weighted by molar-refractivity contribution is 5.89. The van der Waals surface area contributed by atoms with Crippen molar-refractivity contribution in [1.82, 2.24) is 10.2 Å². The van der Waals surface area contributed by atoms with Gasteiger partial charge >= 0.3 is 0 Å². The van der Waals surface area contributed by atoms with Gasteiger partial charge in [-0.25, -0.2) is 0 Å². The lowest BCUT2D eigenvalue weighted by Crippen LogP contribution is -2.40. The Morgan fingerprint density at radius 1 is 1.27 bits per heavy atom. The van der Waals surface area contributed by atoms with Crippen LogP contribution in [0.3, 0.4) is 0 Å². The van der Waals surface area contributed by atoms with E-state index in [0.717, 1.165) is 12.8 Å². The molecule has 1 saturated heterocycles. The van der Waals surface area contributed by atoms with Crippen LogP contribution >= 0.6 is 0 Å². The molecule has 0 aromatic heterocycles. The second-order valence-corrected chi connectivity index (χ2v) is 7.15. The number of carbonyl (C=O) groups is 2. The minimum Gasteiger partial charge on any atom is -0.355 e. The van der Waals surface area contributed by atoms with Crippen molar-refractivity contribution in [2.24, 2.45) is 5.92 Å². The molecular weight excluding hydrogens is 276 g/mol. The number of nitrogens with zero attached hydrogens (tertiary/aromatic N) is 1. The van der Waals surface area contributed by atoms with Crippen LogP contribution < -0.4 is 5.32 Å². The molecule has 0 radical (unpaired) electrons. The number of carbonyl (C=O) groups excluding carboxylic acids is 2. The molecule has 0 bridgehead atoms. The number of rotatable bonds is 5. The van der Waals surface area contributed by atoms with E-state index in [-0.39, 0.29) is 23.1 Å². The Balaban J connectivity index is 1.55. The van der Waals surface area contributed by atoms with Crippen molar-refractivity contribution in [3.8, 4) is 0 Å². The third-order valence-electron chi connectivity index (χ3n) is 4.78. The third kappa shape index (κ3) is 3.16. The van der Waals surface area contributed by atoms with E-state index in [0.29, 0.717) is 25.6 Å². The first-order chi connectivity index (χ1) is 10.5. The molecule has 1 unspecified atom stereocenters. The zero-order valence-corrected chi connectivity index (χ0v) is 13.3. The smallest absolute Gasteiger partial charge is 0.225 e. The van der Waals surface area contributed by atoms with Crippen LogP contribution in [-0.4, -0.2) is 35.8 Å². The molecule has 1 N–H and O–H groups in total. The molecular formula is C18H24N2O2. The van der Waals surface area contributed by atoms with Gasteiger partial charge in [0.2, 0.25) is 11.8 Å². The van der Waals surface area contributed by atoms with Crippen molar-refractivity contribution in [1.29, 1.82) is 0 Å². The number of likely N-dealkylation sites (tertiary alicyclic amines) is 1. The van der Waals surface area contributed by atoms with Crippen LogP contribution in [0.15, 0.2) is 30.3 Å². The number of nitrogens with one attached hydrogen (secondary N) is 1. The van der Waals surface area contributed by atoms with Gasteiger partial charge in [-0.1, -0.05) is 44.2 Å². The Bertz CT molecular complexity index is 564. The standard InChI is InChI=1S/C18H24N2O2/c1-18(2,14-6-4-3-5-7-14)12-19-17(22)13-10-16(21)20(11-13)15-8-9-15/h3-7,13,15H,8-12H2,1-2H3,(H,19,22). The summed E-state index contributed by atoms with van der Waals surface area (Å²) in [7, 11) is 0. The number of benzene rings is 1. The van der Waals surface area contributed by atoms with E-state index in [9.17, 15) is 9.59 Å². The molecule has 22 heavy (non-hydrogen) atoms. The number of amides is 2. The summed E-state index contributed by atoms with van der Waals surface area (Å²) >= 11 is 0. The maximum Gasteiger partial charge on any atom is 0.225 e. The summed E-state index contributed by atoms with van der Waals surface area (Å²) in [5.74, 6) is -0.0230. The van der Waals surface area contributed by atoms with E-state index < -0.39 is 0 Å². The zero-order chi connectivity index (χ0) is 15.7. The lowest BCUT2D eigenvalue weighted by molar-refractivity contribution is -0.129. The van der Waals surface area contributed by atoms with Crippen LogP contribution in [0.1, 0.15) is 38.7 Å². The molecule has 1 saturated carbocycles. The molecule has 1 aromatic rings. The molecule has 2 aliphatic rings. The van der Waals surface area contributed by atoms with Gasteiger partial charge in [-0.2, -0.15) is 0 Å². The monoisotopic (exact) mass is 300 g/mol. The summed E-state index contributed by atoms with van der Waals surface area (Å²) in [5.41, 5.74) is 1.09. The minimum atomic E-state index is -0.181. The van der Waals surface area contributed by atoms with Gasteiger partial charge in [-0.05, 0) is 18.4 Å². The maximum atomic E-state index is 12.4. The Kier molecular flexibility index (Phi) is 3.94. The van der Waals surface area contributed by atoms with Crippen molar-refractivity contribution in [2.45, 2.75) is 44.6 Å². The van der Waals surface area contributed by atoms with Crippen LogP contribution in [0.2, 0.25) is 0 Å². The lowest BCUT2D eigenvalue weighted by Gasteiger charge is -2.26. The number of hydrogen-bond acceptors (Lipinski definition) is 2. The van der Waals surface area contributed by atoms with E-state index >= 15 is 0 Å². The van der Waals surface area contributed by atoms with Gasteiger partial charge in [0.1, 0.15) is 0 Å². The molecule has 4 nitrogen and oxygen atoms in total. The van der Waals surface area contributed by atoms with Crippen molar-refractivity contribution < 1.29 is 9.59 Å². The van der Waals surface area contributed by atoms with Gasteiger partial charge < -0.3 is 10.2 Å². The second kappa shape index (κ2) is 5.75. The molecule has 1 aliphatic carbocycles. The summed E-state index contributed by atoms with van der Waals surface area (Å²) in [6.45, 7) is 5.43. The lowest BCUT2D eigenvalue weighted by atomic mass is 9.84. The highest BCUT2D eigenvalue weighted by atomic mass is 16.2. The largest absolute Gasteiger partial charge is 0.355 e. The van der Waals surface area contributed by atoms with Crippen molar-refractivity contribution in [2.75, 3.05) is 13.1 Å². The van der Waals surface area contributed by atoms with Gasteiger partial charge in [0, 0.05) is 31.0 Å². The second-order valence-electron chi connectivity index (χ2n) is 7.15. The highest BCUT2D eigenvalue weighted by Crippen LogP contribution is 2.32. The molecule has 1 aromatic carbocycles. The third-order valence-corrected chi connectivity index (χ3v) is 4.78. The quantitative estimate of drug-likeness (QED) is 0.905. The van der Waals surface area contributed by atoms with Gasteiger partial charge in [0.25, 0.3) is 0 Å². The fourth-order valence-electron chi connectivity index (χ4n) is 3.09. The minimum absolute atomic E-state index is 0.0144. The molecule has 0 spiro atoms. The molecule has 4 heteroatoms. The normalized spacial score (nSPS) is 22.0. The van der Waals surface area contributed by atoms with Gasteiger partial charge in [-0.15, -0.1) is 0 Å². The Morgan fingerprint density at radius 3 is 2.59 bits per heavy atom. The molecule has 1 aliphatic heterocycles. The molecule has 2 amide bonds. The fourth-order valence-corrected chi connectivity index (χ4v) is 3.09. The van der Waals surface area contributed by atoms with Crippen molar-refractivity contribution in [3.63, 3.8) is 0 Å². The van der Waals surface area contributed by atoms with E-state index in [4.69, 9.17) is 0 Å². The Labute approximate surface area is 131 Å². The maximum absolute atomic E-state index is 12.4. The van der Waals surface area contributed by atoms with Crippen molar-refractivity contribution >= 4 is 11.8 Å². The molecule has 2 fully saturated rings. The summed E-state index contributed by atoms with van der Waals surface area (Å²) in [6.07, 6.45) is 2.57. The zero-order valence-electron chi connectivity index (χ0n) is 13.3. The van der Waals surface area contributed by atoms with E-state index in [1.807, 2.05) is 23.1 Å². The first-order valence-corrected chi connectivity index (χ1v) is 8.10. The molecule has 1 heterocycles. The van der Waals surface area contributed by atoms with Crippen LogP contribution in [0.5, 0.6) is 0 Å². The molecule has 1 atom stereocenters. The Morgan fingerprint density at radius 2 is 1.95 bits per heavy atom. The highest BCUT2D eigenvalue weighted by Gasteiger charge is 2.41. The summed E-state index contributed by atoms with van der Waals surface area (Å²) in [6, 6.07) is 10.6. The van der Waals surface area contributed by atoms with Crippen molar-refractivity contribution in [3.05, 3.63) is 35.9 Å². The van der Waals surface area contributed by atoms with E-state index in [1.54, 1.807) is 0 Å². The predicted octanol–water partition coefficient (Wildman–Crippen LogP) is 2.09. The molecule has 118 valence electrons. The predicted molar refractivity (Wildman–Crippen MR) is 85.3 cm³/mol. The number of hydrogen-bond donors (Lipinski definition) is 1. The first-order valence-electron chi connectivity index (χ1n) is 8.10. The molecule has 3 rings (SSSR count). The van der Waals surface area contributed by atoms with Crippen LogP contribution in [0.4, 0.5) is 0 Å². The fraction of sp³-hybridized carbons (Fsp3) is 0.556. The topological polar surface area (TPSA) is 49.4 Å². The van der Waals surface area contributed by atoms with Gasteiger partial charge in [-0.3, -0.25) is 9.59 Å². The Hall–Kier alpha value is -1.84. The average molecular weight is 300 g/mol. The van der Waals surface area contributed by atoms with Gasteiger partial charge in [0.15, 0.2) is 0 Å². The summed E-state index contributed by atoms with van der Waals surface area (Å²) in [4.78, 5) is 26.2. The van der Waals surface area contributed by atoms with E-state index in [1.165, 1.54) is 5.56 Å². The van der Waals surface area contributed by atoms with Crippen LogP contribution in [0.25, 0.3) is 0 Å². The van der Waals surface area contributed by atoms with Crippen LogP contribution in [-0.2, 0) is 15.0 Å². The average Bonchev–Trinajstić information content (AvgIpc) is 3.28. The first kappa shape index (κ1) is 15.1. The van der Waals surface area contributed by atoms with Gasteiger partial charge in [0.05, 0.1) is 5.92 Å². The summed E-state index contributed by atoms with van der Waals surface area (Å²) < 4.78 is 0.